The number of hydrogen-bond acceptors (Lipinski definition) is 4. The molecule has 0 unspecified atom stereocenters. The van der Waals surface area contributed by atoms with E-state index in [9.17, 15) is 14.0 Å². The number of hydrogen-bond donors (Lipinski definition) is 2. The molecule has 0 aromatic carbocycles. The molecular weight excluding hydrogens is 265 g/mol. The lowest BCUT2D eigenvalue weighted by atomic mass is 10.2. The second-order valence-corrected chi connectivity index (χ2v) is 3.92. The lowest BCUT2D eigenvalue weighted by Gasteiger charge is -2.02. The van der Waals surface area contributed by atoms with Crippen LogP contribution in [0.2, 0.25) is 0 Å². The van der Waals surface area contributed by atoms with Gasteiger partial charge in [-0.25, -0.2) is 4.98 Å². The molecule has 0 aliphatic rings. The first-order valence-corrected chi connectivity index (χ1v) is 5.74. The van der Waals surface area contributed by atoms with Crippen LogP contribution in [0.1, 0.15) is 10.4 Å². The van der Waals surface area contributed by atoms with Crippen molar-refractivity contribution in [2.75, 3.05) is 12.4 Å². The van der Waals surface area contributed by atoms with E-state index >= 15 is 0 Å². The predicted octanol–water partition coefficient (Wildman–Crippen LogP) is 0.415. The summed E-state index contributed by atoms with van der Waals surface area (Å²) >= 11 is 0. The van der Waals surface area contributed by atoms with Crippen LogP contribution in [0.25, 0.3) is 0 Å². The monoisotopic (exact) mass is 277 g/mol. The minimum absolute atomic E-state index is 0.0518. The number of aromatic nitrogens is 3. The van der Waals surface area contributed by atoms with Gasteiger partial charge >= 0.3 is 0 Å². The van der Waals surface area contributed by atoms with E-state index in [1.807, 2.05) is 0 Å². The zero-order valence-corrected chi connectivity index (χ0v) is 10.6. The number of pyridine rings is 1. The van der Waals surface area contributed by atoms with E-state index in [4.69, 9.17) is 0 Å². The number of amides is 2. The molecule has 2 rings (SSSR count). The van der Waals surface area contributed by atoms with Crippen molar-refractivity contribution in [3.05, 3.63) is 42.2 Å². The van der Waals surface area contributed by atoms with Gasteiger partial charge in [-0.15, -0.1) is 0 Å². The minimum atomic E-state index is -0.729. The van der Waals surface area contributed by atoms with Gasteiger partial charge in [-0.05, 0) is 6.07 Å². The molecule has 0 fully saturated rings. The summed E-state index contributed by atoms with van der Waals surface area (Å²) in [5.74, 6) is -1.42. The van der Waals surface area contributed by atoms with Gasteiger partial charge in [0.25, 0.3) is 5.91 Å². The highest BCUT2D eigenvalue weighted by atomic mass is 19.1. The molecule has 0 saturated heterocycles. The second kappa shape index (κ2) is 5.91. The Morgan fingerprint density at radius 3 is 2.95 bits per heavy atom. The molecule has 2 aromatic rings. The molecular formula is C12H12FN5O2. The Morgan fingerprint density at radius 2 is 2.25 bits per heavy atom. The number of carbonyl (C=O) groups excluding carboxylic acids is 2. The summed E-state index contributed by atoms with van der Waals surface area (Å²) in [6.07, 6.45) is 4.11. The number of nitrogens with zero attached hydrogens (tertiary/aromatic N) is 3. The van der Waals surface area contributed by atoms with Crippen molar-refractivity contribution >= 4 is 17.5 Å². The minimum Gasteiger partial charge on any atom is -0.358 e. The normalized spacial score (nSPS) is 10.1. The van der Waals surface area contributed by atoms with E-state index in [-0.39, 0.29) is 18.0 Å². The maximum Gasteiger partial charge on any atom is 0.255 e. The average Bonchev–Trinajstić information content (AvgIpc) is 2.85. The molecule has 104 valence electrons. The summed E-state index contributed by atoms with van der Waals surface area (Å²) in [5, 5.41) is 8.93. The maximum atomic E-state index is 12.9. The molecule has 2 amide bonds. The quantitative estimate of drug-likeness (QED) is 0.792. The van der Waals surface area contributed by atoms with Gasteiger partial charge in [-0.3, -0.25) is 14.3 Å². The first-order valence-electron chi connectivity index (χ1n) is 5.74. The third-order valence-electron chi connectivity index (χ3n) is 2.46. The van der Waals surface area contributed by atoms with Gasteiger partial charge in [-0.1, -0.05) is 0 Å². The third kappa shape index (κ3) is 3.37. The first-order chi connectivity index (χ1) is 9.58. The van der Waals surface area contributed by atoms with Gasteiger partial charge in [0.2, 0.25) is 11.9 Å². The van der Waals surface area contributed by atoms with E-state index in [0.717, 1.165) is 6.07 Å². The van der Waals surface area contributed by atoms with Gasteiger partial charge in [-0.2, -0.15) is 9.49 Å². The molecule has 0 aliphatic heterocycles. The van der Waals surface area contributed by atoms with Gasteiger partial charge in [0, 0.05) is 31.1 Å². The van der Waals surface area contributed by atoms with Crippen LogP contribution in [0.15, 0.2) is 30.7 Å². The van der Waals surface area contributed by atoms with Gasteiger partial charge < -0.3 is 10.6 Å². The Labute approximate surface area is 113 Å². The molecule has 2 heterocycles. The van der Waals surface area contributed by atoms with Crippen molar-refractivity contribution in [3.8, 4) is 0 Å². The molecule has 7 nitrogen and oxygen atoms in total. The largest absolute Gasteiger partial charge is 0.358 e. The summed E-state index contributed by atoms with van der Waals surface area (Å²) in [6.45, 7) is 0.0518. The molecule has 8 heteroatoms. The standard InChI is InChI=1S/C12H12FN5O2/c1-14-11(19)7-18-6-9(5-16-18)17-12(20)8-2-3-15-10(13)4-8/h2-6H,7H2,1H3,(H,14,19)(H,17,20). The highest BCUT2D eigenvalue weighted by molar-refractivity contribution is 6.04. The zero-order valence-electron chi connectivity index (χ0n) is 10.6. The summed E-state index contributed by atoms with van der Waals surface area (Å²) < 4.78 is 14.3. The van der Waals surface area contributed by atoms with Crippen LogP contribution in [0.5, 0.6) is 0 Å². The van der Waals surface area contributed by atoms with Crippen molar-refractivity contribution < 1.29 is 14.0 Å². The second-order valence-electron chi connectivity index (χ2n) is 3.92. The molecule has 2 aromatic heterocycles. The van der Waals surface area contributed by atoms with Crippen LogP contribution >= 0.6 is 0 Å². The third-order valence-corrected chi connectivity index (χ3v) is 2.46. The molecule has 2 N–H and O–H groups in total. The molecule has 0 saturated carbocycles. The number of halogens is 1. The number of anilines is 1. The molecule has 0 spiro atoms. The molecule has 0 radical (unpaired) electrons. The van der Waals surface area contributed by atoms with E-state index in [1.165, 1.54) is 36.4 Å². The lowest BCUT2D eigenvalue weighted by molar-refractivity contribution is -0.121. The number of nitrogens with one attached hydrogen (secondary N) is 2. The van der Waals surface area contributed by atoms with Crippen molar-refractivity contribution in [3.63, 3.8) is 0 Å². The molecule has 20 heavy (non-hydrogen) atoms. The number of rotatable bonds is 4. The molecule has 0 bridgehead atoms. The SMILES string of the molecule is CNC(=O)Cn1cc(NC(=O)c2ccnc(F)c2)cn1. The van der Waals surface area contributed by atoms with Crippen molar-refractivity contribution in [1.82, 2.24) is 20.1 Å². The molecule has 0 atom stereocenters. The Balaban J connectivity index is 2.03. The Kier molecular flexibility index (Phi) is 4.04. The van der Waals surface area contributed by atoms with Gasteiger partial charge in [0.15, 0.2) is 0 Å². The summed E-state index contributed by atoms with van der Waals surface area (Å²) in [4.78, 5) is 26.4. The van der Waals surface area contributed by atoms with Crippen LogP contribution in [0.3, 0.4) is 0 Å². The summed E-state index contributed by atoms with van der Waals surface area (Å²) in [5.41, 5.74) is 0.563. The average molecular weight is 277 g/mol. The Bertz CT molecular complexity index is 640. The van der Waals surface area contributed by atoms with E-state index in [2.05, 4.69) is 20.7 Å². The number of carbonyl (C=O) groups is 2. The van der Waals surface area contributed by atoms with Crippen LogP contribution in [-0.2, 0) is 11.3 Å². The highest BCUT2D eigenvalue weighted by Gasteiger charge is 2.09. The number of likely N-dealkylation sites (N-methyl/N-ethyl adjacent to an activating group) is 1. The predicted molar refractivity (Wildman–Crippen MR) is 68.4 cm³/mol. The lowest BCUT2D eigenvalue weighted by Crippen LogP contribution is -2.23. The van der Waals surface area contributed by atoms with Crippen molar-refractivity contribution in [2.45, 2.75) is 6.54 Å². The van der Waals surface area contributed by atoms with Crippen LogP contribution in [0.4, 0.5) is 10.1 Å². The Hall–Kier alpha value is -2.77. The summed E-state index contributed by atoms with van der Waals surface area (Å²) in [6, 6.07) is 2.43. The fraction of sp³-hybridized carbons (Fsp3) is 0.167. The topological polar surface area (TPSA) is 88.9 Å². The summed E-state index contributed by atoms with van der Waals surface area (Å²) in [7, 11) is 1.52. The van der Waals surface area contributed by atoms with Crippen molar-refractivity contribution in [1.29, 1.82) is 0 Å². The van der Waals surface area contributed by atoms with Crippen LogP contribution in [-0.4, -0.2) is 33.6 Å². The molecule has 0 aliphatic carbocycles. The maximum absolute atomic E-state index is 12.9. The zero-order chi connectivity index (χ0) is 14.5. The van der Waals surface area contributed by atoms with Crippen LogP contribution in [0, 0.1) is 5.95 Å². The van der Waals surface area contributed by atoms with E-state index in [0.29, 0.717) is 5.69 Å². The van der Waals surface area contributed by atoms with Crippen molar-refractivity contribution in [2.24, 2.45) is 0 Å². The van der Waals surface area contributed by atoms with Crippen LogP contribution < -0.4 is 10.6 Å². The fourth-order valence-corrected chi connectivity index (χ4v) is 1.49. The van der Waals surface area contributed by atoms with Gasteiger partial charge in [0.1, 0.15) is 6.54 Å². The van der Waals surface area contributed by atoms with E-state index in [1.54, 1.807) is 0 Å². The Morgan fingerprint density at radius 1 is 1.45 bits per heavy atom. The van der Waals surface area contributed by atoms with E-state index < -0.39 is 11.9 Å². The fourth-order valence-electron chi connectivity index (χ4n) is 1.49. The highest BCUT2D eigenvalue weighted by Crippen LogP contribution is 2.08. The first kappa shape index (κ1) is 13.7. The van der Waals surface area contributed by atoms with Gasteiger partial charge in [0.05, 0.1) is 11.9 Å². The smallest absolute Gasteiger partial charge is 0.255 e.